The Morgan fingerprint density at radius 2 is 2.09 bits per heavy atom. The summed E-state index contributed by atoms with van der Waals surface area (Å²) in [6, 6.07) is -1.17. The highest BCUT2D eigenvalue weighted by molar-refractivity contribution is 8.02. The Balaban J connectivity index is 1.99. The lowest BCUT2D eigenvalue weighted by Gasteiger charge is -2.41. The summed E-state index contributed by atoms with van der Waals surface area (Å²) in [5.41, 5.74) is 0. The highest BCUT2D eigenvalue weighted by Gasteiger charge is 2.74. The lowest BCUT2D eigenvalue weighted by molar-refractivity contribution is -0.154. The van der Waals surface area contributed by atoms with Crippen LogP contribution in [0.25, 0.3) is 0 Å². The summed E-state index contributed by atoms with van der Waals surface area (Å²) < 4.78 is 4.94. The third kappa shape index (κ3) is 4.93. The first kappa shape index (κ1) is 27.8. The molecule has 3 fully saturated rings. The molecule has 0 saturated carbocycles. The molecule has 1 N–H and O–H groups in total. The Labute approximate surface area is 214 Å². The molecule has 35 heavy (non-hydrogen) atoms. The van der Waals surface area contributed by atoms with Gasteiger partial charge in [0.1, 0.15) is 6.04 Å². The predicted octanol–water partition coefficient (Wildman–Crippen LogP) is 3.56. The van der Waals surface area contributed by atoms with Crippen LogP contribution < -0.4 is 0 Å². The number of fused-ring (bicyclic) bond motifs is 1. The van der Waals surface area contributed by atoms with Crippen molar-refractivity contribution in [2.24, 2.45) is 11.8 Å². The van der Waals surface area contributed by atoms with Crippen molar-refractivity contribution in [2.75, 3.05) is 19.8 Å². The molecule has 7 atom stereocenters. The molecule has 3 heterocycles. The number of carbonyl (C=O) groups excluding carboxylic acids is 3. The summed E-state index contributed by atoms with van der Waals surface area (Å²) in [5, 5.41) is 10.1. The van der Waals surface area contributed by atoms with Gasteiger partial charge in [0.25, 0.3) is 0 Å². The second kappa shape index (κ2) is 12.0. The molecule has 3 rings (SSSR count). The van der Waals surface area contributed by atoms with Gasteiger partial charge in [-0.15, -0.1) is 24.9 Å². The van der Waals surface area contributed by atoms with E-state index in [1.54, 1.807) is 28.8 Å². The minimum Gasteiger partial charge on any atom is -0.465 e. The van der Waals surface area contributed by atoms with E-state index < -0.39 is 28.7 Å². The lowest BCUT2D eigenvalue weighted by Crippen LogP contribution is -2.58. The lowest BCUT2D eigenvalue weighted by atomic mass is 9.71. The molecule has 3 saturated heterocycles. The van der Waals surface area contributed by atoms with Crippen LogP contribution in [0.3, 0.4) is 0 Å². The Morgan fingerprint density at radius 1 is 1.34 bits per heavy atom. The molecule has 196 valence electrons. The SMILES string of the molecule is C=CCCCOC(=O)[C@@H]1[C@H]2C(=O)N([C@@H](CC)CO)C(C(=O)N(CC=C)C(C)CCC)C23CC[C@H]1S3. The molecule has 7 nitrogen and oxygen atoms in total. The summed E-state index contributed by atoms with van der Waals surface area (Å²) in [7, 11) is 0. The van der Waals surface area contributed by atoms with Gasteiger partial charge in [0, 0.05) is 17.8 Å². The number of rotatable bonds is 14. The fourth-order valence-electron chi connectivity index (χ4n) is 6.30. The van der Waals surface area contributed by atoms with E-state index in [4.69, 9.17) is 4.74 Å². The van der Waals surface area contributed by atoms with Crippen molar-refractivity contribution in [1.82, 2.24) is 9.80 Å². The zero-order chi connectivity index (χ0) is 25.8. The van der Waals surface area contributed by atoms with Crippen LogP contribution >= 0.6 is 11.8 Å². The quantitative estimate of drug-likeness (QED) is 0.220. The van der Waals surface area contributed by atoms with Gasteiger partial charge in [-0.25, -0.2) is 0 Å². The number of unbranched alkanes of at least 4 members (excludes halogenated alkanes) is 1. The van der Waals surface area contributed by atoms with E-state index in [-0.39, 0.29) is 35.7 Å². The number of amides is 2. The van der Waals surface area contributed by atoms with Gasteiger partial charge in [-0.05, 0) is 45.4 Å². The van der Waals surface area contributed by atoms with Gasteiger partial charge in [-0.2, -0.15) is 0 Å². The van der Waals surface area contributed by atoms with Gasteiger partial charge in [0.05, 0.1) is 35.8 Å². The molecular weight excluding hydrogens is 464 g/mol. The Kier molecular flexibility index (Phi) is 9.49. The highest BCUT2D eigenvalue weighted by atomic mass is 32.2. The van der Waals surface area contributed by atoms with Crippen LogP contribution in [-0.4, -0.2) is 80.6 Å². The molecule has 3 aliphatic heterocycles. The van der Waals surface area contributed by atoms with Gasteiger partial charge >= 0.3 is 5.97 Å². The summed E-state index contributed by atoms with van der Waals surface area (Å²) in [6.07, 6.45) is 8.79. The first-order valence-electron chi connectivity index (χ1n) is 13.1. The van der Waals surface area contributed by atoms with Crippen molar-refractivity contribution in [2.45, 2.75) is 93.8 Å². The Morgan fingerprint density at radius 3 is 2.69 bits per heavy atom. The van der Waals surface area contributed by atoms with Crippen LogP contribution in [0.1, 0.15) is 65.7 Å². The van der Waals surface area contributed by atoms with E-state index in [1.165, 1.54) is 0 Å². The summed E-state index contributed by atoms with van der Waals surface area (Å²) in [4.78, 5) is 44.9. The number of hydrogen-bond donors (Lipinski definition) is 1. The summed E-state index contributed by atoms with van der Waals surface area (Å²) in [6.45, 7) is 14.1. The fraction of sp³-hybridized carbons (Fsp3) is 0.741. The Bertz CT molecular complexity index is 815. The average Bonchev–Trinajstić information content (AvgIpc) is 3.48. The summed E-state index contributed by atoms with van der Waals surface area (Å²) in [5.74, 6) is -1.77. The van der Waals surface area contributed by atoms with Crippen molar-refractivity contribution in [3.05, 3.63) is 25.3 Å². The van der Waals surface area contributed by atoms with Gasteiger partial charge in [0.15, 0.2) is 0 Å². The van der Waals surface area contributed by atoms with Crippen LogP contribution in [-0.2, 0) is 19.1 Å². The maximum Gasteiger partial charge on any atom is 0.310 e. The van der Waals surface area contributed by atoms with E-state index >= 15 is 0 Å². The van der Waals surface area contributed by atoms with Crippen LogP contribution in [0.15, 0.2) is 25.3 Å². The van der Waals surface area contributed by atoms with Gasteiger partial charge in [-0.1, -0.05) is 32.4 Å². The number of thioether (sulfide) groups is 1. The number of ether oxygens (including phenoxy) is 1. The second-order valence-electron chi connectivity index (χ2n) is 10.1. The molecule has 0 radical (unpaired) electrons. The highest BCUT2D eigenvalue weighted by Crippen LogP contribution is 2.67. The molecule has 2 bridgehead atoms. The van der Waals surface area contributed by atoms with Gasteiger partial charge in [0.2, 0.25) is 11.8 Å². The number of likely N-dealkylation sites (tertiary alicyclic amines) is 1. The normalized spacial score (nSPS) is 30.6. The smallest absolute Gasteiger partial charge is 0.310 e. The zero-order valence-corrected chi connectivity index (χ0v) is 22.3. The molecule has 3 aliphatic rings. The number of aliphatic hydroxyl groups excluding tert-OH is 1. The molecule has 2 amide bonds. The Hall–Kier alpha value is -1.80. The van der Waals surface area contributed by atoms with E-state index in [9.17, 15) is 19.5 Å². The standard InChI is InChI=1S/C27H42N2O5S/c1-6-10-11-16-34-26(33)21-20-13-14-27(35-20)22(21)24(31)29(19(9-4)17-30)23(27)25(32)28(15-8-3)18(5)12-7-2/h6,8,18-23,30H,1,3,7,9-17H2,2,4-5H3/t18?,19-,20+,21-,22-,23?,27?/m0/s1. The zero-order valence-electron chi connectivity index (χ0n) is 21.5. The van der Waals surface area contributed by atoms with Crippen molar-refractivity contribution < 1.29 is 24.2 Å². The van der Waals surface area contributed by atoms with Crippen LogP contribution in [0.5, 0.6) is 0 Å². The van der Waals surface area contributed by atoms with Crippen molar-refractivity contribution in [3.8, 4) is 0 Å². The number of esters is 1. The molecular formula is C27H42N2O5S. The number of nitrogens with zero attached hydrogens (tertiary/aromatic N) is 2. The van der Waals surface area contributed by atoms with Crippen LogP contribution in [0.4, 0.5) is 0 Å². The second-order valence-corrected chi connectivity index (χ2v) is 11.7. The van der Waals surface area contributed by atoms with Gasteiger partial charge < -0.3 is 19.6 Å². The van der Waals surface area contributed by atoms with Crippen LogP contribution in [0.2, 0.25) is 0 Å². The molecule has 1 spiro atoms. The third-order valence-electron chi connectivity index (χ3n) is 7.96. The van der Waals surface area contributed by atoms with E-state index in [0.717, 1.165) is 25.7 Å². The molecule has 0 aromatic carbocycles. The number of carbonyl (C=O) groups is 3. The minimum absolute atomic E-state index is 0.00123. The maximum absolute atomic E-state index is 14.3. The van der Waals surface area contributed by atoms with Crippen molar-refractivity contribution >= 4 is 29.5 Å². The van der Waals surface area contributed by atoms with E-state index in [2.05, 4.69) is 20.1 Å². The fourth-order valence-corrected chi connectivity index (χ4v) is 8.49. The first-order chi connectivity index (χ1) is 16.8. The van der Waals surface area contributed by atoms with E-state index in [0.29, 0.717) is 32.4 Å². The minimum atomic E-state index is -0.704. The largest absolute Gasteiger partial charge is 0.465 e. The average molecular weight is 507 g/mol. The maximum atomic E-state index is 14.3. The monoisotopic (exact) mass is 506 g/mol. The topological polar surface area (TPSA) is 87.1 Å². The number of hydrogen-bond acceptors (Lipinski definition) is 6. The molecule has 3 unspecified atom stereocenters. The molecule has 0 aromatic rings. The van der Waals surface area contributed by atoms with Crippen molar-refractivity contribution in [1.29, 1.82) is 0 Å². The van der Waals surface area contributed by atoms with Gasteiger partial charge in [-0.3, -0.25) is 14.4 Å². The number of aliphatic hydroxyl groups is 1. The first-order valence-corrected chi connectivity index (χ1v) is 14.0. The van der Waals surface area contributed by atoms with Crippen molar-refractivity contribution in [3.63, 3.8) is 0 Å². The third-order valence-corrected chi connectivity index (χ3v) is 9.92. The molecule has 8 heteroatoms. The van der Waals surface area contributed by atoms with Crippen LogP contribution in [0, 0.1) is 11.8 Å². The summed E-state index contributed by atoms with van der Waals surface area (Å²) >= 11 is 1.64. The number of allylic oxidation sites excluding steroid dienone is 1. The molecule has 0 aliphatic carbocycles. The molecule has 0 aromatic heterocycles. The van der Waals surface area contributed by atoms with E-state index in [1.807, 2.05) is 18.7 Å². The predicted molar refractivity (Wildman–Crippen MR) is 139 cm³/mol.